The molecule has 0 saturated carbocycles. The highest BCUT2D eigenvalue weighted by atomic mass is 32.2. The molecule has 3 N–H and O–H groups in total. The molecule has 5 heteroatoms. The maximum absolute atomic E-state index is 11.1. The lowest BCUT2D eigenvalue weighted by atomic mass is 11.4. The van der Waals surface area contributed by atoms with Crippen LogP contribution in [0.2, 0.25) is 0 Å². The smallest absolute Gasteiger partial charge is 0.249 e. The Balaban J connectivity index is 3.26. The molecular weight excluding hydrogens is 109 g/mol. The lowest BCUT2D eigenvalue weighted by Crippen LogP contribution is -2.18. The summed E-state index contributed by atoms with van der Waals surface area (Å²) in [5.74, 6) is 0. The predicted molar refractivity (Wildman–Crippen MR) is 19.9 cm³/mol. The molecule has 0 spiro atoms. The van der Waals surface area contributed by atoms with Crippen molar-refractivity contribution in [2.75, 3.05) is 0 Å². The van der Waals surface area contributed by atoms with Gasteiger partial charge in [-0.05, 0) is 0 Å². The third-order valence-corrected chi connectivity index (χ3v) is 0.578. The molecule has 0 amide bonds. The highest BCUT2D eigenvalue weighted by molar-refractivity contribution is 7.79. The number of hydrogen-bond donors (Lipinski definition) is 2. The topological polar surface area (TPSA) is 63.3 Å². The normalized spacial score (nSPS) is 19.8. The van der Waals surface area contributed by atoms with Gasteiger partial charge in [0.2, 0.25) is 16.7 Å². The minimum absolute atomic E-state index is 2.12. The van der Waals surface area contributed by atoms with Crippen LogP contribution in [0.5, 0.6) is 0 Å². The first-order valence-electron chi connectivity index (χ1n) is 1.14. The summed E-state index contributed by atoms with van der Waals surface area (Å²) in [5.41, 5.74) is 2.10. The van der Waals surface area contributed by atoms with E-state index in [9.17, 15) is 8.60 Å². The van der Waals surface area contributed by atoms with Gasteiger partial charge in [0.05, 0.1) is 0 Å². The lowest BCUT2D eigenvalue weighted by Gasteiger charge is -1.87. The molecule has 0 aromatic heterocycles. The predicted octanol–water partition coefficient (Wildman–Crippen LogP) is -0.580. The summed E-state index contributed by atoms with van der Waals surface area (Å²) in [4.78, 5) is 0. The standard InChI is InChI=1S/CH4FNO2S/c2-1(3)6(4)5/h1H,3H2,(H,4,5). The molecule has 0 radical (unpaired) electrons. The minimum atomic E-state index is -2.51. The highest BCUT2D eigenvalue weighted by Gasteiger charge is 2.01. The molecular formula is CH4FNO2S. The Labute approximate surface area is 36.6 Å². The molecule has 0 aliphatic heterocycles. The molecule has 0 heterocycles. The Kier molecular flexibility index (Phi) is 2.22. The summed E-state index contributed by atoms with van der Waals surface area (Å²) in [5, 5.41) is 0. The summed E-state index contributed by atoms with van der Waals surface area (Å²) < 4.78 is 28.0. The van der Waals surface area contributed by atoms with E-state index in [0.29, 0.717) is 0 Å². The maximum Gasteiger partial charge on any atom is 0.249 e. The fourth-order valence-corrected chi connectivity index (χ4v) is 0. The fourth-order valence-electron chi connectivity index (χ4n) is 0. The Morgan fingerprint density at radius 1 is 2.00 bits per heavy atom. The third-order valence-electron chi connectivity index (χ3n) is 0.193. The first-order valence-corrected chi connectivity index (χ1v) is 2.31. The van der Waals surface area contributed by atoms with Crippen molar-refractivity contribution in [2.24, 2.45) is 5.73 Å². The van der Waals surface area contributed by atoms with Crippen LogP contribution >= 0.6 is 0 Å². The molecule has 0 bridgehead atoms. The van der Waals surface area contributed by atoms with Gasteiger partial charge in [-0.1, -0.05) is 0 Å². The number of hydrogen-bond acceptors (Lipinski definition) is 2. The monoisotopic (exact) mass is 113 g/mol. The quantitative estimate of drug-likeness (QED) is 0.353. The summed E-state index contributed by atoms with van der Waals surface area (Å²) in [6.07, 6.45) is 0. The Bertz CT molecular complexity index is 64.6. The van der Waals surface area contributed by atoms with Gasteiger partial charge in [-0.2, -0.15) is 0 Å². The van der Waals surface area contributed by atoms with E-state index in [1.807, 2.05) is 0 Å². The SMILES string of the molecule is NC(F)S(=O)O. The molecule has 2 atom stereocenters. The van der Waals surface area contributed by atoms with Crippen LogP contribution in [0.3, 0.4) is 0 Å². The second-order valence-electron chi connectivity index (χ2n) is 0.627. The molecule has 6 heavy (non-hydrogen) atoms. The van der Waals surface area contributed by atoms with Crippen molar-refractivity contribution < 1.29 is 13.2 Å². The Morgan fingerprint density at radius 2 is 2.17 bits per heavy atom. The Hall–Kier alpha value is -0.0000000000000000486. The molecule has 0 saturated heterocycles. The number of alkyl halides is 1. The highest BCUT2D eigenvalue weighted by Crippen LogP contribution is 1.80. The van der Waals surface area contributed by atoms with Crippen molar-refractivity contribution in [1.82, 2.24) is 0 Å². The molecule has 0 aromatic carbocycles. The summed E-state index contributed by atoms with van der Waals surface area (Å²) in [6.45, 7) is 0. The Morgan fingerprint density at radius 3 is 2.17 bits per heavy atom. The largest absolute Gasteiger partial charge is 0.303 e. The molecule has 0 fully saturated rings. The second-order valence-corrected chi connectivity index (χ2v) is 1.63. The van der Waals surface area contributed by atoms with Gasteiger partial charge in [-0.25, -0.2) is 8.60 Å². The molecule has 0 aliphatic carbocycles. The van der Waals surface area contributed by atoms with Gasteiger partial charge < -0.3 is 4.55 Å². The zero-order valence-corrected chi connectivity index (χ0v) is 3.61. The summed E-state index contributed by atoms with van der Waals surface area (Å²) >= 11 is -2.51. The van der Waals surface area contributed by atoms with Crippen molar-refractivity contribution in [3.05, 3.63) is 0 Å². The minimum Gasteiger partial charge on any atom is -0.303 e. The van der Waals surface area contributed by atoms with Crippen molar-refractivity contribution in [3.63, 3.8) is 0 Å². The van der Waals surface area contributed by atoms with Gasteiger partial charge in [0.1, 0.15) is 0 Å². The van der Waals surface area contributed by atoms with E-state index in [1.165, 1.54) is 0 Å². The number of nitrogens with two attached hydrogens (primary N) is 1. The summed E-state index contributed by atoms with van der Waals surface area (Å²) in [6, 6.07) is 0. The third kappa shape index (κ3) is 2.25. The molecule has 0 rings (SSSR count). The maximum atomic E-state index is 11.1. The van der Waals surface area contributed by atoms with Crippen LogP contribution in [0.1, 0.15) is 0 Å². The van der Waals surface area contributed by atoms with E-state index in [-0.39, 0.29) is 0 Å². The molecule has 38 valence electrons. The van der Waals surface area contributed by atoms with Gasteiger partial charge >= 0.3 is 0 Å². The van der Waals surface area contributed by atoms with E-state index in [0.717, 1.165) is 0 Å². The van der Waals surface area contributed by atoms with Crippen LogP contribution in [0.25, 0.3) is 0 Å². The van der Waals surface area contributed by atoms with Crippen LogP contribution in [-0.4, -0.2) is 14.4 Å². The first kappa shape index (κ1) is 6.00. The van der Waals surface area contributed by atoms with E-state index >= 15 is 0 Å². The number of rotatable bonds is 1. The van der Waals surface area contributed by atoms with Gasteiger partial charge in [0.25, 0.3) is 0 Å². The fraction of sp³-hybridized carbons (Fsp3) is 1.00. The van der Waals surface area contributed by atoms with Gasteiger partial charge in [0, 0.05) is 0 Å². The van der Waals surface area contributed by atoms with E-state index in [4.69, 9.17) is 4.55 Å². The van der Waals surface area contributed by atoms with E-state index in [2.05, 4.69) is 5.73 Å². The van der Waals surface area contributed by atoms with Gasteiger partial charge in [-0.15, -0.1) is 0 Å². The van der Waals surface area contributed by atoms with Gasteiger partial charge in [-0.3, -0.25) is 5.73 Å². The first-order chi connectivity index (χ1) is 2.64. The molecule has 0 aromatic rings. The summed E-state index contributed by atoms with van der Waals surface area (Å²) in [7, 11) is 0. The molecule has 2 unspecified atom stereocenters. The van der Waals surface area contributed by atoms with Crippen molar-refractivity contribution >= 4 is 11.1 Å². The van der Waals surface area contributed by atoms with Crippen LogP contribution in [0.4, 0.5) is 4.39 Å². The average molecular weight is 113 g/mol. The zero-order chi connectivity index (χ0) is 5.15. The van der Waals surface area contributed by atoms with Crippen LogP contribution in [-0.2, 0) is 11.1 Å². The van der Waals surface area contributed by atoms with Crippen molar-refractivity contribution in [2.45, 2.75) is 5.63 Å². The average Bonchev–Trinajstić information content (AvgIpc) is 1.36. The van der Waals surface area contributed by atoms with E-state index < -0.39 is 16.7 Å². The second kappa shape index (κ2) is 2.22. The van der Waals surface area contributed by atoms with E-state index in [1.54, 1.807) is 0 Å². The van der Waals surface area contributed by atoms with Gasteiger partial charge in [0.15, 0.2) is 0 Å². The molecule has 0 aliphatic rings. The zero-order valence-electron chi connectivity index (χ0n) is 2.80. The van der Waals surface area contributed by atoms with Crippen LogP contribution < -0.4 is 5.73 Å². The van der Waals surface area contributed by atoms with Crippen molar-refractivity contribution in [1.29, 1.82) is 0 Å². The van der Waals surface area contributed by atoms with Crippen LogP contribution in [0.15, 0.2) is 0 Å². The van der Waals surface area contributed by atoms with Crippen LogP contribution in [0, 0.1) is 0 Å². The lowest BCUT2D eigenvalue weighted by molar-refractivity contribution is 0.418. The molecule has 3 nitrogen and oxygen atoms in total. The van der Waals surface area contributed by atoms with Crippen molar-refractivity contribution in [3.8, 4) is 0 Å². The number of halogens is 1.